The number of rotatable bonds is 2. The molecule has 0 spiro atoms. The Labute approximate surface area is 93.6 Å². The molecule has 2 unspecified atom stereocenters. The molecule has 2 aliphatic carbocycles. The van der Waals surface area contributed by atoms with Crippen LogP contribution in [0, 0.1) is 17.8 Å². The van der Waals surface area contributed by atoms with Crippen LogP contribution in [0.4, 0.5) is 0 Å². The smallest absolute Gasteiger partial charge is 0.139 e. The minimum atomic E-state index is 0.418. The van der Waals surface area contributed by atoms with Crippen LogP contribution in [0.25, 0.3) is 0 Å². The van der Waals surface area contributed by atoms with Crippen LogP contribution in [0.15, 0.2) is 0 Å². The van der Waals surface area contributed by atoms with Crippen molar-refractivity contribution in [3.05, 3.63) is 0 Å². The lowest BCUT2D eigenvalue weighted by atomic mass is 9.72. The van der Waals surface area contributed by atoms with E-state index >= 15 is 0 Å². The zero-order valence-corrected chi connectivity index (χ0v) is 10.0. The minimum absolute atomic E-state index is 0.418. The van der Waals surface area contributed by atoms with Crippen LogP contribution < -0.4 is 0 Å². The van der Waals surface area contributed by atoms with Gasteiger partial charge in [0.2, 0.25) is 0 Å². The van der Waals surface area contributed by atoms with Crippen LogP contribution in [0.2, 0.25) is 0 Å². The van der Waals surface area contributed by atoms with E-state index in [0.717, 1.165) is 0 Å². The summed E-state index contributed by atoms with van der Waals surface area (Å²) < 4.78 is 0. The second-order valence-corrected chi connectivity index (χ2v) is 5.61. The average molecular weight is 208 g/mol. The van der Waals surface area contributed by atoms with E-state index in [9.17, 15) is 4.79 Å². The molecule has 2 atom stereocenters. The van der Waals surface area contributed by atoms with E-state index in [4.69, 9.17) is 0 Å². The quantitative estimate of drug-likeness (QED) is 0.671. The van der Waals surface area contributed by atoms with Crippen LogP contribution in [0.1, 0.15) is 64.7 Å². The summed E-state index contributed by atoms with van der Waals surface area (Å²) >= 11 is 0. The van der Waals surface area contributed by atoms with Crippen LogP contribution in [-0.4, -0.2) is 5.78 Å². The van der Waals surface area contributed by atoms with Crippen molar-refractivity contribution in [2.45, 2.75) is 64.7 Å². The molecule has 1 heteroatoms. The number of hydrogen-bond acceptors (Lipinski definition) is 1. The van der Waals surface area contributed by atoms with E-state index in [2.05, 4.69) is 6.92 Å². The lowest BCUT2D eigenvalue weighted by molar-refractivity contribution is -0.130. The molecule has 86 valence electrons. The summed E-state index contributed by atoms with van der Waals surface area (Å²) in [6.45, 7) is 2.28. The number of carbonyl (C=O) groups is 1. The van der Waals surface area contributed by atoms with Gasteiger partial charge in [0.15, 0.2) is 0 Å². The molecule has 2 rings (SSSR count). The predicted molar refractivity (Wildman–Crippen MR) is 62.7 cm³/mol. The highest BCUT2D eigenvalue weighted by Gasteiger charge is 2.32. The molecule has 2 aliphatic rings. The largest absolute Gasteiger partial charge is 0.299 e. The summed E-state index contributed by atoms with van der Waals surface area (Å²) in [5.41, 5.74) is 0. The Hall–Kier alpha value is -0.330. The van der Waals surface area contributed by atoms with Crippen molar-refractivity contribution in [2.24, 2.45) is 17.8 Å². The molecule has 0 aromatic rings. The van der Waals surface area contributed by atoms with Crippen LogP contribution >= 0.6 is 0 Å². The van der Waals surface area contributed by atoms with Crippen LogP contribution in [0.3, 0.4) is 0 Å². The standard InChI is InChI=1S/C14H24O/c1-11-7-5-6-10-13(11)14(15)12-8-3-2-4-9-12/h11-13H,2-10H2,1H3. The van der Waals surface area contributed by atoms with E-state index in [-0.39, 0.29) is 0 Å². The fourth-order valence-corrected chi connectivity index (χ4v) is 3.43. The lowest BCUT2D eigenvalue weighted by Gasteiger charge is -2.31. The Balaban J connectivity index is 1.92. The third-order valence-electron chi connectivity index (χ3n) is 4.48. The maximum absolute atomic E-state index is 12.4. The van der Waals surface area contributed by atoms with Gasteiger partial charge in [0.05, 0.1) is 0 Å². The summed E-state index contributed by atoms with van der Waals surface area (Å²) in [5.74, 6) is 2.14. The van der Waals surface area contributed by atoms with Crippen molar-refractivity contribution in [3.8, 4) is 0 Å². The number of ketones is 1. The van der Waals surface area contributed by atoms with E-state index in [1.807, 2.05) is 0 Å². The summed E-state index contributed by atoms with van der Waals surface area (Å²) in [4.78, 5) is 12.4. The maximum atomic E-state index is 12.4. The Morgan fingerprint density at radius 2 is 1.47 bits per heavy atom. The highest BCUT2D eigenvalue weighted by Crippen LogP contribution is 2.35. The first kappa shape index (κ1) is 11.2. The maximum Gasteiger partial charge on any atom is 0.139 e. The number of carbonyl (C=O) groups excluding carboxylic acids is 1. The van der Waals surface area contributed by atoms with Crippen molar-refractivity contribution < 1.29 is 4.79 Å². The molecule has 2 fully saturated rings. The van der Waals surface area contributed by atoms with Gasteiger partial charge in [-0.25, -0.2) is 0 Å². The van der Waals surface area contributed by atoms with Gasteiger partial charge in [0, 0.05) is 11.8 Å². The van der Waals surface area contributed by atoms with E-state index < -0.39 is 0 Å². The third-order valence-corrected chi connectivity index (χ3v) is 4.48. The van der Waals surface area contributed by atoms with Gasteiger partial charge in [0.1, 0.15) is 5.78 Å². The Morgan fingerprint density at radius 1 is 0.867 bits per heavy atom. The molecule has 2 saturated carbocycles. The summed E-state index contributed by atoms with van der Waals surface area (Å²) in [5, 5.41) is 0. The summed E-state index contributed by atoms with van der Waals surface area (Å²) in [6.07, 6.45) is 11.4. The van der Waals surface area contributed by atoms with E-state index in [0.29, 0.717) is 23.5 Å². The van der Waals surface area contributed by atoms with E-state index in [1.54, 1.807) is 0 Å². The highest BCUT2D eigenvalue weighted by atomic mass is 16.1. The second kappa shape index (κ2) is 5.14. The number of Topliss-reactive ketones (excluding diaryl/α,β-unsaturated/α-hetero) is 1. The molecule has 1 nitrogen and oxygen atoms in total. The zero-order chi connectivity index (χ0) is 10.7. The van der Waals surface area contributed by atoms with Crippen LogP contribution in [-0.2, 0) is 4.79 Å². The third kappa shape index (κ3) is 2.62. The molecular formula is C14H24O. The first-order chi connectivity index (χ1) is 7.29. The molecule has 0 aromatic carbocycles. The minimum Gasteiger partial charge on any atom is -0.299 e. The molecule has 0 amide bonds. The molecule has 0 N–H and O–H groups in total. The van der Waals surface area contributed by atoms with E-state index in [1.165, 1.54) is 57.8 Å². The van der Waals surface area contributed by atoms with Gasteiger partial charge in [-0.15, -0.1) is 0 Å². The first-order valence-electron chi connectivity index (χ1n) is 6.83. The van der Waals surface area contributed by atoms with Crippen molar-refractivity contribution in [2.75, 3.05) is 0 Å². The van der Waals surface area contributed by atoms with Crippen molar-refractivity contribution in [1.82, 2.24) is 0 Å². The molecule has 0 aliphatic heterocycles. The molecule has 0 bridgehead atoms. The predicted octanol–water partition coefficient (Wildman–Crippen LogP) is 3.96. The summed E-state index contributed by atoms with van der Waals surface area (Å²) in [6, 6.07) is 0. The van der Waals surface area contributed by atoms with Gasteiger partial charge >= 0.3 is 0 Å². The molecule has 0 aromatic heterocycles. The zero-order valence-electron chi connectivity index (χ0n) is 10.0. The van der Waals surface area contributed by atoms with Gasteiger partial charge in [-0.05, 0) is 25.2 Å². The number of hydrogen-bond donors (Lipinski definition) is 0. The first-order valence-corrected chi connectivity index (χ1v) is 6.83. The monoisotopic (exact) mass is 208 g/mol. The normalized spacial score (nSPS) is 33.9. The molecule has 0 heterocycles. The fraction of sp³-hybridized carbons (Fsp3) is 0.929. The highest BCUT2D eigenvalue weighted by molar-refractivity contribution is 5.83. The SMILES string of the molecule is CC1CCCCC1C(=O)C1CCCCC1. The topological polar surface area (TPSA) is 17.1 Å². The van der Waals surface area contributed by atoms with Gasteiger partial charge in [0.25, 0.3) is 0 Å². The fourth-order valence-electron chi connectivity index (χ4n) is 3.43. The van der Waals surface area contributed by atoms with Crippen LogP contribution in [0.5, 0.6) is 0 Å². The molecule has 15 heavy (non-hydrogen) atoms. The molecule has 0 radical (unpaired) electrons. The van der Waals surface area contributed by atoms with Gasteiger partial charge < -0.3 is 0 Å². The van der Waals surface area contributed by atoms with Crippen molar-refractivity contribution in [3.63, 3.8) is 0 Å². The van der Waals surface area contributed by atoms with Crippen molar-refractivity contribution >= 4 is 5.78 Å². The second-order valence-electron chi connectivity index (χ2n) is 5.61. The molecular weight excluding hydrogens is 184 g/mol. The average Bonchev–Trinajstić information content (AvgIpc) is 2.30. The lowest BCUT2D eigenvalue weighted by Crippen LogP contribution is -2.31. The van der Waals surface area contributed by atoms with Gasteiger partial charge in [-0.2, -0.15) is 0 Å². The Bertz CT molecular complexity index is 215. The Kier molecular flexibility index (Phi) is 3.82. The molecule has 0 saturated heterocycles. The van der Waals surface area contributed by atoms with Gasteiger partial charge in [-0.1, -0.05) is 45.4 Å². The summed E-state index contributed by atoms with van der Waals surface area (Å²) in [7, 11) is 0. The van der Waals surface area contributed by atoms with Crippen molar-refractivity contribution in [1.29, 1.82) is 0 Å². The van der Waals surface area contributed by atoms with Gasteiger partial charge in [-0.3, -0.25) is 4.79 Å². The Morgan fingerprint density at radius 3 is 2.13 bits per heavy atom.